The number of aromatic nitrogens is 9. The summed E-state index contributed by atoms with van der Waals surface area (Å²) in [6.45, 7) is 7.44. The number of fused-ring (bicyclic) bond motifs is 2. The Balaban J connectivity index is 1.73. The van der Waals surface area contributed by atoms with Gasteiger partial charge in [0.1, 0.15) is 11.4 Å². The van der Waals surface area contributed by atoms with Crippen molar-refractivity contribution in [2.24, 2.45) is 0 Å². The Morgan fingerprint density at radius 2 is 1.19 bits per heavy atom. The minimum absolute atomic E-state index is 0.181. The Bertz CT molecular complexity index is 1500. The molecule has 11 heteroatoms. The van der Waals surface area contributed by atoms with Crippen LogP contribution >= 0.6 is 0 Å². The zero-order valence-electron chi connectivity index (χ0n) is 18.1. The monoisotopic (exact) mass is 431 g/mol. The molecule has 11 nitrogen and oxygen atoms in total. The zero-order valence-corrected chi connectivity index (χ0v) is 18.1. The molecule has 0 saturated heterocycles. The lowest BCUT2D eigenvalue weighted by Gasteiger charge is -2.06. The van der Waals surface area contributed by atoms with Crippen molar-refractivity contribution in [3.63, 3.8) is 0 Å². The van der Waals surface area contributed by atoms with E-state index in [0.29, 0.717) is 69.9 Å². The van der Waals surface area contributed by atoms with Crippen LogP contribution in [0.4, 0.5) is 0 Å². The van der Waals surface area contributed by atoms with Gasteiger partial charge in [-0.25, -0.2) is 34.0 Å². The minimum atomic E-state index is -0.181. The molecule has 0 amide bonds. The molecule has 0 atom stereocenters. The molecule has 5 heterocycles. The zero-order chi connectivity index (χ0) is 22.6. The highest BCUT2D eigenvalue weighted by Gasteiger charge is 2.19. The van der Waals surface area contributed by atoms with E-state index in [4.69, 9.17) is 0 Å². The van der Waals surface area contributed by atoms with E-state index in [-0.39, 0.29) is 11.1 Å². The van der Waals surface area contributed by atoms with Gasteiger partial charge in [-0.1, -0.05) is 19.9 Å². The van der Waals surface area contributed by atoms with Crippen molar-refractivity contribution in [2.75, 3.05) is 0 Å². The van der Waals surface area contributed by atoms with Crippen LogP contribution < -0.4 is 11.1 Å². The smallest absolute Gasteiger partial charge is 0.264 e. The third-order valence-corrected chi connectivity index (χ3v) is 5.63. The van der Waals surface area contributed by atoms with Gasteiger partial charge in [-0.3, -0.25) is 9.59 Å². The maximum Gasteiger partial charge on any atom is 0.264 e. The summed E-state index contributed by atoms with van der Waals surface area (Å²) in [6, 6.07) is 5.27. The van der Waals surface area contributed by atoms with Crippen molar-refractivity contribution in [3.05, 3.63) is 61.4 Å². The second-order valence-corrected chi connectivity index (χ2v) is 7.49. The summed E-state index contributed by atoms with van der Waals surface area (Å²) in [4.78, 5) is 39.6. The lowest BCUT2D eigenvalue weighted by molar-refractivity contribution is 0.936. The van der Waals surface area contributed by atoms with Crippen LogP contribution in [0.25, 0.3) is 34.6 Å². The molecular weight excluding hydrogens is 410 g/mol. The molecule has 0 spiro atoms. The van der Waals surface area contributed by atoms with Gasteiger partial charge in [-0.05, 0) is 38.8 Å². The quantitative estimate of drug-likeness (QED) is 0.441. The molecule has 0 fully saturated rings. The molecule has 32 heavy (non-hydrogen) atoms. The van der Waals surface area contributed by atoms with Crippen molar-refractivity contribution < 1.29 is 0 Å². The minimum Gasteiger partial charge on any atom is -0.268 e. The molecule has 162 valence electrons. The molecule has 2 N–H and O–H groups in total. The van der Waals surface area contributed by atoms with E-state index < -0.39 is 0 Å². The van der Waals surface area contributed by atoms with Gasteiger partial charge in [-0.15, -0.1) is 0 Å². The van der Waals surface area contributed by atoms with Gasteiger partial charge in [0.25, 0.3) is 11.1 Å². The van der Waals surface area contributed by atoms with E-state index in [9.17, 15) is 9.59 Å². The molecule has 0 unspecified atom stereocenters. The Morgan fingerprint density at radius 3 is 1.59 bits per heavy atom. The number of pyridine rings is 1. The average molecular weight is 431 g/mol. The van der Waals surface area contributed by atoms with Gasteiger partial charge in [0.2, 0.25) is 11.6 Å². The highest BCUT2D eigenvalue weighted by Crippen LogP contribution is 2.20. The van der Waals surface area contributed by atoms with E-state index >= 15 is 0 Å². The normalized spacial score (nSPS) is 11.6. The third kappa shape index (κ3) is 2.77. The summed E-state index contributed by atoms with van der Waals surface area (Å²) in [5.41, 5.74) is 3.13. The lowest BCUT2D eigenvalue weighted by atomic mass is 10.2. The van der Waals surface area contributed by atoms with Crippen LogP contribution in [0.5, 0.6) is 0 Å². The summed E-state index contributed by atoms with van der Waals surface area (Å²) in [7, 11) is 0. The Hall–Kier alpha value is -4.15. The number of aromatic amines is 2. The van der Waals surface area contributed by atoms with E-state index in [2.05, 4.69) is 35.3 Å². The first-order valence-electron chi connectivity index (χ1n) is 10.4. The molecule has 0 aliphatic rings. The topological polar surface area (TPSA) is 139 Å². The van der Waals surface area contributed by atoms with Crippen molar-refractivity contribution in [3.8, 4) is 23.0 Å². The van der Waals surface area contributed by atoms with E-state index in [1.807, 2.05) is 13.8 Å². The number of nitrogens with zero attached hydrogens (tertiary/aromatic N) is 7. The fraction of sp³-hybridized carbons (Fsp3) is 0.286. The van der Waals surface area contributed by atoms with Crippen LogP contribution in [-0.2, 0) is 12.8 Å². The van der Waals surface area contributed by atoms with E-state index in [0.717, 1.165) is 0 Å². The number of nitrogens with one attached hydrogen (secondary N) is 2. The van der Waals surface area contributed by atoms with Gasteiger partial charge >= 0.3 is 0 Å². The first kappa shape index (κ1) is 19.8. The van der Waals surface area contributed by atoms with E-state index in [1.165, 1.54) is 8.80 Å². The van der Waals surface area contributed by atoms with Gasteiger partial charge in [0, 0.05) is 11.1 Å². The molecular formula is C21H21N9O2. The predicted molar refractivity (Wildman–Crippen MR) is 118 cm³/mol. The highest BCUT2D eigenvalue weighted by molar-refractivity contribution is 5.61. The van der Waals surface area contributed by atoms with Crippen LogP contribution in [0.3, 0.4) is 0 Å². The number of aryl methyl sites for hydroxylation is 2. The first-order valence-corrected chi connectivity index (χ1v) is 10.4. The van der Waals surface area contributed by atoms with Gasteiger partial charge in [0.15, 0.2) is 11.6 Å². The lowest BCUT2D eigenvalue weighted by Crippen LogP contribution is -2.21. The second kappa shape index (κ2) is 7.22. The SMILES string of the molecule is CCc1c(C)nc2[nH]nc(-c3cccc(-c4n[nH]c5nc(C)c(CC)c(=O)n45)n3)n2c1=O. The van der Waals surface area contributed by atoms with E-state index in [1.54, 1.807) is 32.0 Å². The summed E-state index contributed by atoms with van der Waals surface area (Å²) >= 11 is 0. The van der Waals surface area contributed by atoms with Crippen LogP contribution in [0.15, 0.2) is 27.8 Å². The Labute approximate surface area is 181 Å². The summed E-state index contributed by atoms with van der Waals surface area (Å²) < 4.78 is 2.85. The summed E-state index contributed by atoms with van der Waals surface area (Å²) in [6.07, 6.45) is 1.13. The van der Waals surface area contributed by atoms with Gasteiger partial charge < -0.3 is 0 Å². The third-order valence-electron chi connectivity index (χ3n) is 5.63. The fourth-order valence-electron chi connectivity index (χ4n) is 4.01. The maximum atomic E-state index is 13.0. The fourth-order valence-corrected chi connectivity index (χ4v) is 4.01. The van der Waals surface area contributed by atoms with Crippen molar-refractivity contribution in [2.45, 2.75) is 40.5 Å². The second-order valence-electron chi connectivity index (χ2n) is 7.49. The van der Waals surface area contributed by atoms with Crippen LogP contribution in [0.2, 0.25) is 0 Å². The van der Waals surface area contributed by atoms with Crippen LogP contribution in [0, 0.1) is 13.8 Å². The Morgan fingerprint density at radius 1 is 0.750 bits per heavy atom. The standard InChI is InChI=1S/C21H21N9O2/c1-5-12-10(3)22-20-27-25-16(29(20)18(12)31)14-8-7-9-15(24-14)17-26-28-21-23-11(4)13(6-2)19(32)30(17)21/h7-9H,5-6H2,1-4H3,(H,22,27)(H,23,28). The largest absolute Gasteiger partial charge is 0.268 e. The highest BCUT2D eigenvalue weighted by atomic mass is 16.1. The summed E-state index contributed by atoms with van der Waals surface area (Å²) in [5, 5.41) is 14.2. The molecule has 0 aliphatic carbocycles. The molecule has 5 aromatic heterocycles. The van der Waals surface area contributed by atoms with Crippen molar-refractivity contribution >= 4 is 11.6 Å². The number of rotatable bonds is 4. The van der Waals surface area contributed by atoms with Gasteiger partial charge in [0.05, 0.1) is 11.4 Å². The molecule has 0 bridgehead atoms. The number of hydrogen-bond donors (Lipinski definition) is 2. The van der Waals surface area contributed by atoms with Crippen molar-refractivity contribution in [1.29, 1.82) is 0 Å². The molecule has 0 aliphatic heterocycles. The molecule has 0 aromatic carbocycles. The molecule has 5 aromatic rings. The average Bonchev–Trinajstić information content (AvgIpc) is 3.39. The predicted octanol–water partition coefficient (Wildman–Crippen LogP) is 1.62. The maximum absolute atomic E-state index is 13.0. The summed E-state index contributed by atoms with van der Waals surface area (Å²) in [5.74, 6) is 1.37. The number of hydrogen-bond acceptors (Lipinski definition) is 7. The van der Waals surface area contributed by atoms with Crippen LogP contribution in [0.1, 0.15) is 36.4 Å². The van der Waals surface area contributed by atoms with Crippen LogP contribution in [-0.4, -0.2) is 44.1 Å². The Kier molecular flexibility index (Phi) is 4.47. The number of H-pyrrole nitrogens is 2. The molecule has 0 radical (unpaired) electrons. The van der Waals surface area contributed by atoms with Crippen molar-refractivity contribution in [1.82, 2.24) is 44.1 Å². The molecule has 0 saturated carbocycles. The molecule has 5 rings (SSSR count). The van der Waals surface area contributed by atoms with Gasteiger partial charge in [-0.2, -0.15) is 10.2 Å². The first-order chi connectivity index (χ1) is 15.4.